The Morgan fingerprint density at radius 2 is 1.45 bits per heavy atom. The Balaban J connectivity index is 1.73. The van der Waals surface area contributed by atoms with Gasteiger partial charge in [-0.1, -0.05) is 67.8 Å². The zero-order valence-electron chi connectivity index (χ0n) is 23.9. The average Bonchev–Trinajstić information content (AvgIpc) is 2.98. The van der Waals surface area contributed by atoms with Crippen LogP contribution >= 0.6 is 0 Å². The van der Waals surface area contributed by atoms with E-state index in [-0.39, 0.29) is 18.2 Å². The summed E-state index contributed by atoms with van der Waals surface area (Å²) < 4.78 is 23.4. The maximum atomic E-state index is 12.9. The second kappa shape index (κ2) is 14.9. The topological polar surface area (TPSA) is 143 Å². The molecule has 2 aliphatic rings. The lowest BCUT2D eigenvalue weighted by atomic mass is 9.74. The highest BCUT2D eigenvalue weighted by molar-refractivity contribution is 5.89. The van der Waals surface area contributed by atoms with Gasteiger partial charge >= 0.3 is 17.9 Å². The summed E-state index contributed by atoms with van der Waals surface area (Å²) in [7, 11) is 0. The first kappa shape index (κ1) is 31.1. The van der Waals surface area contributed by atoms with Gasteiger partial charge in [0.2, 0.25) is 6.04 Å². The zero-order chi connectivity index (χ0) is 30.1. The van der Waals surface area contributed by atoms with E-state index in [1.807, 2.05) is 30.3 Å². The predicted octanol–water partition coefficient (Wildman–Crippen LogP) is 3.86. The Hall–Kier alpha value is -3.83. The average molecular weight is 583 g/mol. The minimum absolute atomic E-state index is 0.0446. The molecule has 11 nitrogen and oxygen atoms in total. The second-order valence-electron chi connectivity index (χ2n) is 10.8. The van der Waals surface area contributed by atoms with Crippen molar-refractivity contribution in [2.24, 2.45) is 5.92 Å². The van der Waals surface area contributed by atoms with Crippen LogP contribution in [0.1, 0.15) is 61.9 Å². The summed E-state index contributed by atoms with van der Waals surface area (Å²) in [6, 6.07) is 15.0. The van der Waals surface area contributed by atoms with Gasteiger partial charge in [0.25, 0.3) is 0 Å². The van der Waals surface area contributed by atoms with Crippen LogP contribution in [-0.2, 0) is 35.1 Å². The van der Waals surface area contributed by atoms with Gasteiger partial charge in [0.15, 0.2) is 6.10 Å². The van der Waals surface area contributed by atoms with Crippen LogP contribution in [0.2, 0.25) is 0 Å². The third-order valence-corrected chi connectivity index (χ3v) is 7.81. The number of hydrogen-bond acceptors (Lipinski definition) is 10. The van der Waals surface area contributed by atoms with Gasteiger partial charge in [0.1, 0.15) is 30.8 Å². The van der Waals surface area contributed by atoms with Crippen LogP contribution < -0.4 is 5.32 Å². The van der Waals surface area contributed by atoms with Crippen LogP contribution in [0.4, 0.5) is 0 Å². The molecular weight excluding hydrogens is 544 g/mol. The Morgan fingerprint density at radius 3 is 2.05 bits per heavy atom. The SMILES string of the molecule is CC(=O)O[C@@H]1[C@@H](COC(=O)c2ccccc2)[C@H]([N+](=O)[O-])[C@@H](NC2CCCCC2)[C@H](OC(C)=O)[C@H]1OCc1ccccc1. The maximum absolute atomic E-state index is 12.9. The summed E-state index contributed by atoms with van der Waals surface area (Å²) in [5.74, 6) is -3.12. The number of ether oxygens (including phenoxy) is 4. The van der Waals surface area contributed by atoms with E-state index in [4.69, 9.17) is 18.9 Å². The third kappa shape index (κ3) is 8.13. The van der Waals surface area contributed by atoms with Gasteiger partial charge in [0, 0.05) is 24.8 Å². The lowest BCUT2D eigenvalue weighted by Gasteiger charge is -2.47. The molecule has 0 aliphatic heterocycles. The number of benzene rings is 2. The molecule has 2 saturated carbocycles. The van der Waals surface area contributed by atoms with Gasteiger partial charge in [0.05, 0.1) is 12.2 Å². The molecule has 0 aromatic heterocycles. The quantitative estimate of drug-likeness (QED) is 0.180. The van der Waals surface area contributed by atoms with Gasteiger partial charge in [-0.2, -0.15) is 0 Å². The number of esters is 3. The number of nitro groups is 1. The van der Waals surface area contributed by atoms with Crippen molar-refractivity contribution in [3.63, 3.8) is 0 Å². The molecule has 226 valence electrons. The predicted molar refractivity (Wildman–Crippen MR) is 151 cm³/mol. The fourth-order valence-electron chi connectivity index (χ4n) is 5.97. The molecule has 2 fully saturated rings. The molecule has 0 unspecified atom stereocenters. The maximum Gasteiger partial charge on any atom is 0.338 e. The van der Waals surface area contributed by atoms with Gasteiger partial charge < -0.3 is 24.3 Å². The highest BCUT2D eigenvalue weighted by Gasteiger charge is 2.60. The summed E-state index contributed by atoms with van der Waals surface area (Å²) in [6.07, 6.45) is 1.13. The molecule has 1 N–H and O–H groups in total. The lowest BCUT2D eigenvalue weighted by molar-refractivity contribution is -0.548. The van der Waals surface area contributed by atoms with Crippen molar-refractivity contribution in [2.75, 3.05) is 6.61 Å². The van der Waals surface area contributed by atoms with Crippen molar-refractivity contribution >= 4 is 17.9 Å². The van der Waals surface area contributed by atoms with Crippen LogP contribution in [0.15, 0.2) is 60.7 Å². The molecule has 0 amide bonds. The van der Waals surface area contributed by atoms with Crippen LogP contribution in [0.25, 0.3) is 0 Å². The normalized spacial score (nSPS) is 26.1. The number of carbonyl (C=O) groups is 3. The van der Waals surface area contributed by atoms with E-state index in [2.05, 4.69) is 5.32 Å². The summed E-state index contributed by atoms with van der Waals surface area (Å²) in [5.41, 5.74) is 1.09. The Morgan fingerprint density at radius 1 is 0.857 bits per heavy atom. The monoisotopic (exact) mass is 582 g/mol. The summed E-state index contributed by atoms with van der Waals surface area (Å²) in [5, 5.41) is 16.2. The smallest absolute Gasteiger partial charge is 0.338 e. The molecule has 42 heavy (non-hydrogen) atoms. The number of nitrogens with zero attached hydrogens (tertiary/aromatic N) is 1. The second-order valence-corrected chi connectivity index (χ2v) is 10.8. The minimum Gasteiger partial charge on any atom is -0.461 e. The molecule has 0 bridgehead atoms. The number of hydrogen-bond donors (Lipinski definition) is 1. The number of nitrogens with one attached hydrogen (secondary N) is 1. The number of carbonyl (C=O) groups excluding carboxylic acids is 3. The van der Waals surface area contributed by atoms with Crippen molar-refractivity contribution in [3.05, 3.63) is 81.9 Å². The molecule has 0 spiro atoms. The molecule has 2 aromatic carbocycles. The van der Waals surface area contributed by atoms with Crippen molar-refractivity contribution in [3.8, 4) is 0 Å². The van der Waals surface area contributed by atoms with Crippen molar-refractivity contribution < 1.29 is 38.3 Å². The Bertz CT molecular complexity index is 1200. The van der Waals surface area contributed by atoms with Crippen LogP contribution in [0.5, 0.6) is 0 Å². The Kier molecular flexibility index (Phi) is 11.0. The summed E-state index contributed by atoms with van der Waals surface area (Å²) in [6.45, 7) is 2.06. The first-order valence-corrected chi connectivity index (χ1v) is 14.4. The van der Waals surface area contributed by atoms with Crippen LogP contribution in [0.3, 0.4) is 0 Å². The highest BCUT2D eigenvalue weighted by atomic mass is 16.6. The van der Waals surface area contributed by atoms with Gasteiger partial charge in [-0.3, -0.25) is 19.7 Å². The van der Waals surface area contributed by atoms with Gasteiger partial charge in [-0.25, -0.2) is 4.79 Å². The minimum atomic E-state index is -1.43. The zero-order valence-corrected chi connectivity index (χ0v) is 23.9. The molecule has 2 aromatic rings. The van der Waals surface area contributed by atoms with E-state index in [9.17, 15) is 24.5 Å². The summed E-state index contributed by atoms with van der Waals surface area (Å²) >= 11 is 0. The molecule has 11 heteroatoms. The first-order chi connectivity index (χ1) is 20.2. The van der Waals surface area contributed by atoms with E-state index in [1.165, 1.54) is 13.8 Å². The van der Waals surface area contributed by atoms with E-state index >= 15 is 0 Å². The van der Waals surface area contributed by atoms with E-state index in [0.29, 0.717) is 0 Å². The van der Waals surface area contributed by atoms with Crippen molar-refractivity contribution in [2.45, 2.75) is 89.0 Å². The number of rotatable bonds is 11. The fraction of sp³-hybridized carbons (Fsp3) is 0.516. The van der Waals surface area contributed by atoms with Crippen molar-refractivity contribution in [1.29, 1.82) is 0 Å². The molecule has 0 heterocycles. The molecule has 0 radical (unpaired) electrons. The van der Waals surface area contributed by atoms with Gasteiger partial charge in [-0.05, 0) is 30.5 Å². The van der Waals surface area contributed by atoms with E-state index in [0.717, 1.165) is 37.7 Å². The highest BCUT2D eigenvalue weighted by Crippen LogP contribution is 2.36. The summed E-state index contributed by atoms with van der Waals surface area (Å²) in [4.78, 5) is 49.9. The molecule has 4 rings (SSSR count). The van der Waals surface area contributed by atoms with Crippen LogP contribution in [0, 0.1) is 16.0 Å². The molecule has 0 saturated heterocycles. The molecule has 6 atom stereocenters. The van der Waals surface area contributed by atoms with Crippen molar-refractivity contribution in [1.82, 2.24) is 5.32 Å². The van der Waals surface area contributed by atoms with E-state index in [1.54, 1.807) is 30.3 Å². The molecule has 2 aliphatic carbocycles. The fourth-order valence-corrected chi connectivity index (χ4v) is 5.97. The lowest BCUT2D eigenvalue weighted by Crippen LogP contribution is -2.71. The first-order valence-electron chi connectivity index (χ1n) is 14.4. The largest absolute Gasteiger partial charge is 0.461 e. The van der Waals surface area contributed by atoms with Gasteiger partial charge in [-0.15, -0.1) is 0 Å². The molecular formula is C31H38N2O9. The Labute approximate surface area is 245 Å². The van der Waals surface area contributed by atoms with Crippen LogP contribution in [-0.4, -0.2) is 65.9 Å². The third-order valence-electron chi connectivity index (χ3n) is 7.81. The van der Waals surface area contributed by atoms with E-state index < -0.39 is 65.8 Å². The standard InChI is InChI=1S/C31H38N2O9/c1-20(34)41-28-25(19-40-31(36)23-14-8-4-9-15-23)27(33(37)38)26(32-24-16-10-5-11-17-24)29(42-21(2)35)30(28)39-18-22-12-6-3-7-13-22/h3-4,6-9,12-15,24-30,32H,5,10-11,16-19H2,1-2H3/t25-,26+,27-,28+,29-,30-/m0/s1.